The van der Waals surface area contributed by atoms with Gasteiger partial charge < -0.3 is 15.7 Å². The molecule has 0 fully saturated rings. The van der Waals surface area contributed by atoms with Crippen molar-refractivity contribution in [1.29, 1.82) is 0 Å². The molecule has 0 spiro atoms. The lowest BCUT2D eigenvalue weighted by molar-refractivity contribution is 0.0762. The highest BCUT2D eigenvalue weighted by Crippen LogP contribution is 2.20. The second-order valence-corrected chi connectivity index (χ2v) is 5.24. The zero-order chi connectivity index (χ0) is 14.3. The smallest absolute Gasteiger partial charge is 0.314 e. The van der Waals surface area contributed by atoms with Gasteiger partial charge in [-0.25, -0.2) is 4.79 Å². The summed E-state index contributed by atoms with van der Waals surface area (Å²) in [5, 5.41) is 15.7. The highest BCUT2D eigenvalue weighted by Gasteiger charge is 2.25. The van der Waals surface area contributed by atoms with E-state index in [1.165, 1.54) is 5.56 Å². The third kappa shape index (κ3) is 4.70. The molecule has 2 rings (SSSR count). The van der Waals surface area contributed by atoms with Crippen molar-refractivity contribution in [3.05, 3.63) is 48.0 Å². The molecule has 1 aromatic carbocycles. The van der Waals surface area contributed by atoms with Gasteiger partial charge in [0.2, 0.25) is 0 Å². The van der Waals surface area contributed by atoms with E-state index in [2.05, 4.69) is 10.6 Å². The van der Waals surface area contributed by atoms with Gasteiger partial charge in [-0.2, -0.15) is 0 Å². The molecule has 1 atom stereocenters. The molecule has 0 bridgehead atoms. The summed E-state index contributed by atoms with van der Waals surface area (Å²) in [5.41, 5.74) is 0.316. The molecule has 0 unspecified atom stereocenters. The number of aliphatic hydroxyl groups is 1. The minimum absolute atomic E-state index is 0.228. The Morgan fingerprint density at radius 1 is 1.25 bits per heavy atom. The van der Waals surface area contributed by atoms with E-state index in [0.717, 1.165) is 19.3 Å². The van der Waals surface area contributed by atoms with Gasteiger partial charge in [-0.1, -0.05) is 42.5 Å². The van der Waals surface area contributed by atoms with E-state index in [1.54, 1.807) is 6.08 Å². The standard InChI is InChI=1S/C16H22N2O2/c19-15(17-12-9-14-7-3-1-4-8-14)18-13-16(20)10-5-2-6-11-16/h1,3-5,7-8,10,20H,2,6,9,11-13H2,(H2,17,18,19)/t16-/m1/s1. The van der Waals surface area contributed by atoms with E-state index in [0.29, 0.717) is 13.0 Å². The van der Waals surface area contributed by atoms with E-state index in [4.69, 9.17) is 0 Å². The maximum absolute atomic E-state index is 11.7. The van der Waals surface area contributed by atoms with Crippen LogP contribution >= 0.6 is 0 Å². The van der Waals surface area contributed by atoms with Crippen LogP contribution in [0.3, 0.4) is 0 Å². The third-order valence-corrected chi connectivity index (χ3v) is 3.51. The van der Waals surface area contributed by atoms with Gasteiger partial charge >= 0.3 is 6.03 Å². The van der Waals surface area contributed by atoms with Gasteiger partial charge in [0.1, 0.15) is 5.60 Å². The van der Waals surface area contributed by atoms with Gasteiger partial charge in [-0.05, 0) is 31.2 Å². The fourth-order valence-electron chi connectivity index (χ4n) is 2.32. The molecule has 0 radical (unpaired) electrons. The number of amides is 2. The van der Waals surface area contributed by atoms with Crippen molar-refractivity contribution in [1.82, 2.24) is 10.6 Å². The van der Waals surface area contributed by atoms with Gasteiger partial charge in [0.15, 0.2) is 0 Å². The molecule has 4 heteroatoms. The van der Waals surface area contributed by atoms with Gasteiger partial charge in [0, 0.05) is 6.54 Å². The summed E-state index contributed by atoms with van der Waals surface area (Å²) in [7, 11) is 0. The Morgan fingerprint density at radius 3 is 2.75 bits per heavy atom. The molecule has 0 saturated heterocycles. The Labute approximate surface area is 119 Å². The monoisotopic (exact) mass is 274 g/mol. The summed E-state index contributed by atoms with van der Waals surface area (Å²) in [6, 6.07) is 9.79. The Kier molecular flexibility index (Phi) is 5.18. The second-order valence-electron chi connectivity index (χ2n) is 5.24. The highest BCUT2D eigenvalue weighted by atomic mass is 16.3. The summed E-state index contributed by atoms with van der Waals surface area (Å²) in [5.74, 6) is 0. The van der Waals surface area contributed by atoms with Gasteiger partial charge in [-0.3, -0.25) is 0 Å². The van der Waals surface area contributed by atoms with Crippen molar-refractivity contribution in [3.8, 4) is 0 Å². The summed E-state index contributed by atoms with van der Waals surface area (Å²) >= 11 is 0. The SMILES string of the molecule is O=C(NCCc1ccccc1)NC[C@@]1(O)C=CCCC1. The van der Waals surface area contributed by atoms with Crippen LogP contribution in [-0.4, -0.2) is 29.8 Å². The number of carbonyl (C=O) groups is 1. The molecular weight excluding hydrogens is 252 g/mol. The first-order valence-electron chi connectivity index (χ1n) is 7.14. The first-order valence-corrected chi connectivity index (χ1v) is 7.14. The van der Waals surface area contributed by atoms with Crippen LogP contribution in [0.25, 0.3) is 0 Å². The molecule has 3 N–H and O–H groups in total. The zero-order valence-corrected chi connectivity index (χ0v) is 11.6. The number of carbonyl (C=O) groups excluding carboxylic acids is 1. The average molecular weight is 274 g/mol. The van der Waals surface area contributed by atoms with Gasteiger partial charge in [0.25, 0.3) is 0 Å². The number of allylic oxidation sites excluding steroid dienone is 1. The summed E-state index contributed by atoms with van der Waals surface area (Å²) in [6.07, 6.45) is 7.24. The minimum Gasteiger partial charge on any atom is -0.384 e. The molecule has 4 nitrogen and oxygen atoms in total. The number of hydrogen-bond donors (Lipinski definition) is 3. The molecule has 1 aliphatic rings. The number of hydrogen-bond acceptors (Lipinski definition) is 2. The quantitative estimate of drug-likeness (QED) is 0.719. The first-order chi connectivity index (χ1) is 9.68. The number of rotatable bonds is 5. The predicted molar refractivity (Wildman–Crippen MR) is 79.5 cm³/mol. The minimum atomic E-state index is -0.880. The molecule has 2 amide bonds. The normalized spacial score (nSPS) is 21.4. The lowest BCUT2D eigenvalue weighted by Gasteiger charge is -2.27. The van der Waals surface area contributed by atoms with Crippen LogP contribution < -0.4 is 10.6 Å². The Hall–Kier alpha value is -1.81. The molecule has 0 saturated carbocycles. The van der Waals surface area contributed by atoms with Crippen molar-refractivity contribution in [2.45, 2.75) is 31.3 Å². The largest absolute Gasteiger partial charge is 0.384 e. The van der Waals surface area contributed by atoms with Crippen molar-refractivity contribution >= 4 is 6.03 Å². The van der Waals surface area contributed by atoms with Gasteiger partial charge in [-0.15, -0.1) is 0 Å². The maximum Gasteiger partial charge on any atom is 0.314 e. The molecular formula is C16H22N2O2. The maximum atomic E-state index is 11.7. The first kappa shape index (κ1) is 14.6. The van der Waals surface area contributed by atoms with Crippen LogP contribution in [-0.2, 0) is 6.42 Å². The number of urea groups is 1. The summed E-state index contributed by atoms with van der Waals surface area (Å²) < 4.78 is 0. The fourth-order valence-corrected chi connectivity index (χ4v) is 2.32. The molecule has 0 aromatic heterocycles. The molecule has 1 aromatic rings. The van der Waals surface area contributed by atoms with Crippen LogP contribution in [0, 0.1) is 0 Å². The number of benzene rings is 1. The second kappa shape index (κ2) is 7.10. The lowest BCUT2D eigenvalue weighted by atomic mass is 9.91. The Morgan fingerprint density at radius 2 is 2.05 bits per heavy atom. The van der Waals surface area contributed by atoms with E-state index < -0.39 is 5.60 Å². The number of nitrogens with one attached hydrogen (secondary N) is 2. The zero-order valence-electron chi connectivity index (χ0n) is 11.6. The van der Waals surface area contributed by atoms with Crippen molar-refractivity contribution in [3.63, 3.8) is 0 Å². The van der Waals surface area contributed by atoms with Crippen molar-refractivity contribution in [2.24, 2.45) is 0 Å². The van der Waals surface area contributed by atoms with Crippen molar-refractivity contribution < 1.29 is 9.90 Å². The molecule has 0 aliphatic heterocycles. The van der Waals surface area contributed by atoms with Crippen molar-refractivity contribution in [2.75, 3.05) is 13.1 Å². The highest BCUT2D eigenvalue weighted by molar-refractivity contribution is 5.73. The van der Waals surface area contributed by atoms with E-state index in [1.807, 2.05) is 36.4 Å². The predicted octanol–water partition coefficient (Wildman–Crippen LogP) is 2.00. The Bertz CT molecular complexity index is 459. The van der Waals surface area contributed by atoms with Crippen LogP contribution in [0.2, 0.25) is 0 Å². The summed E-state index contributed by atoms with van der Waals surface area (Å²) in [4.78, 5) is 11.7. The average Bonchev–Trinajstić information content (AvgIpc) is 2.47. The van der Waals surface area contributed by atoms with Gasteiger partial charge in [0.05, 0.1) is 6.54 Å². The Balaban J connectivity index is 1.65. The van der Waals surface area contributed by atoms with E-state index >= 15 is 0 Å². The van der Waals surface area contributed by atoms with E-state index in [9.17, 15) is 9.90 Å². The van der Waals surface area contributed by atoms with Crippen LogP contribution in [0.15, 0.2) is 42.5 Å². The third-order valence-electron chi connectivity index (χ3n) is 3.51. The summed E-state index contributed by atoms with van der Waals surface area (Å²) in [6.45, 7) is 0.852. The van der Waals surface area contributed by atoms with Crippen LogP contribution in [0.1, 0.15) is 24.8 Å². The molecule has 20 heavy (non-hydrogen) atoms. The molecule has 108 valence electrons. The topological polar surface area (TPSA) is 61.4 Å². The van der Waals surface area contributed by atoms with E-state index in [-0.39, 0.29) is 12.6 Å². The lowest BCUT2D eigenvalue weighted by Crippen LogP contribution is -2.46. The molecule has 1 aliphatic carbocycles. The van der Waals surface area contributed by atoms with Crippen LogP contribution in [0.5, 0.6) is 0 Å². The fraction of sp³-hybridized carbons (Fsp3) is 0.438. The van der Waals surface area contributed by atoms with Crippen LogP contribution in [0.4, 0.5) is 4.79 Å². The molecule has 0 heterocycles.